The summed E-state index contributed by atoms with van der Waals surface area (Å²) in [5.74, 6) is -0.586. The van der Waals surface area contributed by atoms with Gasteiger partial charge in [-0.1, -0.05) is 0 Å². The molecule has 1 atom stereocenters. The molecule has 0 aromatic carbocycles. The Kier molecular flexibility index (Phi) is 4.52. The van der Waals surface area contributed by atoms with E-state index in [-0.39, 0.29) is 17.0 Å². The minimum atomic E-state index is -0.639. The van der Waals surface area contributed by atoms with Crippen molar-refractivity contribution in [3.05, 3.63) is 34.2 Å². The van der Waals surface area contributed by atoms with E-state index in [0.29, 0.717) is 26.3 Å². The standard InChI is InChI=1S/C13H17N3O4/c1-9(13(19)16-4-6-20-7-5-16)15-12(18)10-2-3-14-11(17)8-10/h2-3,8-9H,4-7H2,1H3,(H,14,17)(H,15,18). The van der Waals surface area contributed by atoms with E-state index in [1.807, 2.05) is 0 Å². The summed E-state index contributed by atoms with van der Waals surface area (Å²) in [4.78, 5) is 39.3. The van der Waals surface area contributed by atoms with E-state index in [0.717, 1.165) is 0 Å². The first-order valence-corrected chi connectivity index (χ1v) is 6.44. The molecule has 1 saturated heterocycles. The Morgan fingerprint density at radius 3 is 2.75 bits per heavy atom. The highest BCUT2D eigenvalue weighted by molar-refractivity contribution is 5.97. The normalized spacial score (nSPS) is 16.6. The maximum atomic E-state index is 12.1. The summed E-state index contributed by atoms with van der Waals surface area (Å²) in [6.07, 6.45) is 1.39. The lowest BCUT2D eigenvalue weighted by Gasteiger charge is -2.29. The Hall–Kier alpha value is -2.15. The van der Waals surface area contributed by atoms with E-state index in [9.17, 15) is 14.4 Å². The van der Waals surface area contributed by atoms with Crippen LogP contribution in [0.4, 0.5) is 0 Å². The smallest absolute Gasteiger partial charge is 0.252 e. The number of carbonyl (C=O) groups excluding carboxylic acids is 2. The molecule has 2 amide bonds. The van der Waals surface area contributed by atoms with Gasteiger partial charge in [-0.05, 0) is 13.0 Å². The lowest BCUT2D eigenvalue weighted by molar-refractivity contribution is -0.136. The van der Waals surface area contributed by atoms with Crippen LogP contribution in [-0.4, -0.2) is 54.0 Å². The average molecular weight is 279 g/mol. The molecule has 1 aromatic rings. The third-order valence-electron chi connectivity index (χ3n) is 3.08. The predicted octanol–water partition coefficient (Wildman–Crippen LogP) is -0.648. The van der Waals surface area contributed by atoms with Gasteiger partial charge in [-0.2, -0.15) is 0 Å². The van der Waals surface area contributed by atoms with Crippen LogP contribution < -0.4 is 10.9 Å². The van der Waals surface area contributed by atoms with Crippen molar-refractivity contribution in [1.29, 1.82) is 0 Å². The monoisotopic (exact) mass is 279 g/mol. The molecule has 1 aliphatic rings. The number of carbonyl (C=O) groups is 2. The van der Waals surface area contributed by atoms with Crippen LogP contribution in [-0.2, 0) is 9.53 Å². The molecular formula is C13H17N3O4. The number of H-pyrrole nitrogens is 1. The van der Waals surface area contributed by atoms with Gasteiger partial charge in [-0.3, -0.25) is 14.4 Å². The molecule has 0 spiro atoms. The fraction of sp³-hybridized carbons (Fsp3) is 0.462. The maximum absolute atomic E-state index is 12.1. The summed E-state index contributed by atoms with van der Waals surface area (Å²) in [7, 11) is 0. The summed E-state index contributed by atoms with van der Waals surface area (Å²) < 4.78 is 5.17. The van der Waals surface area contributed by atoms with Crippen molar-refractivity contribution in [2.45, 2.75) is 13.0 Å². The van der Waals surface area contributed by atoms with Crippen LogP contribution in [0.2, 0.25) is 0 Å². The van der Waals surface area contributed by atoms with Gasteiger partial charge in [0.15, 0.2) is 0 Å². The minimum Gasteiger partial charge on any atom is -0.378 e. The molecule has 2 rings (SSSR count). The van der Waals surface area contributed by atoms with Gasteiger partial charge in [-0.25, -0.2) is 0 Å². The zero-order valence-corrected chi connectivity index (χ0v) is 11.2. The average Bonchev–Trinajstić information content (AvgIpc) is 2.47. The zero-order valence-electron chi connectivity index (χ0n) is 11.2. The molecule has 0 aliphatic carbocycles. The number of nitrogens with zero attached hydrogens (tertiary/aromatic N) is 1. The quantitative estimate of drug-likeness (QED) is 0.769. The molecule has 7 nitrogen and oxygen atoms in total. The zero-order chi connectivity index (χ0) is 14.5. The second-order valence-corrected chi connectivity index (χ2v) is 4.57. The number of hydrogen-bond acceptors (Lipinski definition) is 4. The Labute approximate surface area is 115 Å². The van der Waals surface area contributed by atoms with Gasteiger partial charge in [0.05, 0.1) is 13.2 Å². The van der Waals surface area contributed by atoms with Crippen molar-refractivity contribution >= 4 is 11.8 Å². The summed E-state index contributed by atoms with van der Waals surface area (Å²) in [6, 6.07) is 2.05. The van der Waals surface area contributed by atoms with Gasteiger partial charge in [0.25, 0.3) is 5.91 Å². The number of amides is 2. The first-order valence-electron chi connectivity index (χ1n) is 6.44. The molecule has 1 fully saturated rings. The summed E-state index contributed by atoms with van der Waals surface area (Å²) >= 11 is 0. The SMILES string of the molecule is CC(NC(=O)c1cc[nH]c(=O)c1)C(=O)N1CCOCC1. The van der Waals surface area contributed by atoms with Crippen LogP contribution in [0.25, 0.3) is 0 Å². The number of morpholine rings is 1. The summed E-state index contributed by atoms with van der Waals surface area (Å²) in [5.41, 5.74) is -0.125. The van der Waals surface area contributed by atoms with Gasteiger partial charge in [0.1, 0.15) is 6.04 Å². The molecule has 7 heteroatoms. The molecule has 108 valence electrons. The molecule has 2 N–H and O–H groups in total. The summed E-state index contributed by atoms with van der Waals surface area (Å²) in [6.45, 7) is 3.72. The third kappa shape index (κ3) is 3.45. The van der Waals surface area contributed by atoms with Gasteiger partial charge in [0, 0.05) is 30.9 Å². The van der Waals surface area contributed by atoms with Crippen LogP contribution >= 0.6 is 0 Å². The van der Waals surface area contributed by atoms with Crippen LogP contribution in [0.5, 0.6) is 0 Å². The Morgan fingerprint density at radius 2 is 2.10 bits per heavy atom. The molecule has 0 radical (unpaired) electrons. The fourth-order valence-corrected chi connectivity index (χ4v) is 1.99. The van der Waals surface area contributed by atoms with Crippen molar-refractivity contribution in [2.75, 3.05) is 26.3 Å². The van der Waals surface area contributed by atoms with Crippen molar-refractivity contribution in [3.63, 3.8) is 0 Å². The number of rotatable bonds is 3. The maximum Gasteiger partial charge on any atom is 0.252 e. The molecule has 1 aromatic heterocycles. The molecule has 1 aliphatic heterocycles. The van der Waals surface area contributed by atoms with Gasteiger partial charge >= 0.3 is 0 Å². The second-order valence-electron chi connectivity index (χ2n) is 4.57. The van der Waals surface area contributed by atoms with Crippen LogP contribution in [0.3, 0.4) is 0 Å². The van der Waals surface area contributed by atoms with Crippen molar-refractivity contribution in [1.82, 2.24) is 15.2 Å². The van der Waals surface area contributed by atoms with E-state index < -0.39 is 11.9 Å². The van der Waals surface area contributed by atoms with E-state index >= 15 is 0 Å². The van der Waals surface area contributed by atoms with Crippen LogP contribution in [0.1, 0.15) is 17.3 Å². The fourth-order valence-electron chi connectivity index (χ4n) is 1.99. The molecule has 20 heavy (non-hydrogen) atoms. The van der Waals surface area contributed by atoms with E-state index in [1.165, 1.54) is 18.3 Å². The first-order chi connectivity index (χ1) is 9.58. The Morgan fingerprint density at radius 1 is 1.40 bits per heavy atom. The number of ether oxygens (including phenoxy) is 1. The van der Waals surface area contributed by atoms with Crippen LogP contribution in [0.15, 0.2) is 23.1 Å². The van der Waals surface area contributed by atoms with E-state index in [4.69, 9.17) is 4.74 Å². The van der Waals surface area contributed by atoms with Gasteiger partial charge in [-0.15, -0.1) is 0 Å². The number of aromatic nitrogens is 1. The van der Waals surface area contributed by atoms with Gasteiger partial charge < -0.3 is 19.9 Å². The van der Waals surface area contributed by atoms with E-state index in [1.54, 1.807) is 11.8 Å². The van der Waals surface area contributed by atoms with Crippen molar-refractivity contribution < 1.29 is 14.3 Å². The van der Waals surface area contributed by atoms with E-state index in [2.05, 4.69) is 10.3 Å². The highest BCUT2D eigenvalue weighted by Gasteiger charge is 2.23. The third-order valence-corrected chi connectivity index (χ3v) is 3.08. The second kappa shape index (κ2) is 6.33. The number of hydrogen-bond donors (Lipinski definition) is 2. The lowest BCUT2D eigenvalue weighted by atomic mass is 10.2. The number of pyridine rings is 1. The lowest BCUT2D eigenvalue weighted by Crippen LogP contribution is -2.50. The Bertz CT molecular complexity index is 549. The first kappa shape index (κ1) is 14.3. The topological polar surface area (TPSA) is 91.5 Å². The van der Waals surface area contributed by atoms with Crippen LogP contribution in [0, 0.1) is 0 Å². The molecular weight excluding hydrogens is 262 g/mol. The molecule has 0 bridgehead atoms. The van der Waals surface area contributed by atoms with Crippen molar-refractivity contribution in [2.24, 2.45) is 0 Å². The Balaban J connectivity index is 1.96. The van der Waals surface area contributed by atoms with Gasteiger partial charge in [0.2, 0.25) is 11.5 Å². The minimum absolute atomic E-state index is 0.147. The highest BCUT2D eigenvalue weighted by atomic mass is 16.5. The number of nitrogens with one attached hydrogen (secondary N) is 2. The number of aromatic amines is 1. The molecule has 0 saturated carbocycles. The molecule has 2 heterocycles. The van der Waals surface area contributed by atoms with Crippen molar-refractivity contribution in [3.8, 4) is 0 Å². The molecule has 1 unspecified atom stereocenters. The highest BCUT2D eigenvalue weighted by Crippen LogP contribution is 2.02. The largest absolute Gasteiger partial charge is 0.378 e. The predicted molar refractivity (Wildman–Crippen MR) is 71.4 cm³/mol. The summed E-state index contributed by atoms with van der Waals surface area (Å²) in [5, 5.41) is 2.60.